The number of carbonyl (C=O) groups is 1. The van der Waals surface area contributed by atoms with Gasteiger partial charge in [0.25, 0.3) is 0 Å². The lowest BCUT2D eigenvalue weighted by Gasteiger charge is -2.02. The molecule has 0 aliphatic heterocycles. The number of nitrogens with one attached hydrogen (secondary N) is 1. The second-order valence-corrected chi connectivity index (χ2v) is 3.30. The summed E-state index contributed by atoms with van der Waals surface area (Å²) in [5, 5.41) is 2.76. The number of nitrogens with two attached hydrogens (primary N) is 1. The molecule has 0 unspecified atom stereocenters. The predicted molar refractivity (Wildman–Crippen MR) is 66.8 cm³/mol. The lowest BCUT2D eigenvalue weighted by molar-refractivity contribution is -0.121. The maximum atomic E-state index is 11.1. The van der Waals surface area contributed by atoms with Gasteiger partial charge in [0.2, 0.25) is 5.91 Å². The molecule has 0 aromatic heterocycles. The van der Waals surface area contributed by atoms with E-state index in [4.69, 9.17) is 5.73 Å². The van der Waals surface area contributed by atoms with Gasteiger partial charge in [0.15, 0.2) is 0 Å². The highest BCUT2D eigenvalue weighted by atomic mass is 16.1. The van der Waals surface area contributed by atoms with Crippen LogP contribution in [-0.4, -0.2) is 19.0 Å². The van der Waals surface area contributed by atoms with Crippen LogP contribution in [0.25, 0.3) is 0 Å². The predicted octanol–water partition coefficient (Wildman–Crippen LogP) is 2.45. The fourth-order valence-electron chi connectivity index (χ4n) is 1.19. The fraction of sp³-hybridized carbons (Fsp3) is 0.917. The van der Waals surface area contributed by atoms with E-state index in [0.29, 0.717) is 19.5 Å². The molecule has 0 fully saturated rings. The minimum atomic E-state index is 0.141. The summed E-state index contributed by atoms with van der Waals surface area (Å²) < 4.78 is 0. The van der Waals surface area contributed by atoms with Gasteiger partial charge in [-0.3, -0.25) is 4.79 Å². The second kappa shape index (κ2) is 15.9. The van der Waals surface area contributed by atoms with Gasteiger partial charge in [0.1, 0.15) is 0 Å². The quantitative estimate of drug-likeness (QED) is 0.612. The molecule has 0 saturated heterocycles. The van der Waals surface area contributed by atoms with Crippen molar-refractivity contribution in [3.05, 3.63) is 0 Å². The normalized spacial score (nSPS) is 9.07. The van der Waals surface area contributed by atoms with Gasteiger partial charge in [-0.05, 0) is 6.42 Å². The van der Waals surface area contributed by atoms with Gasteiger partial charge in [-0.25, -0.2) is 0 Å². The Morgan fingerprint density at radius 3 is 2.27 bits per heavy atom. The number of rotatable bonds is 8. The van der Waals surface area contributed by atoms with Crippen molar-refractivity contribution in [1.29, 1.82) is 0 Å². The highest BCUT2D eigenvalue weighted by Crippen LogP contribution is 2.04. The smallest absolute Gasteiger partial charge is 0.220 e. The van der Waals surface area contributed by atoms with E-state index in [0.717, 1.165) is 6.42 Å². The van der Waals surface area contributed by atoms with Crippen molar-refractivity contribution < 1.29 is 4.79 Å². The first kappa shape index (κ1) is 16.8. The van der Waals surface area contributed by atoms with Crippen LogP contribution >= 0.6 is 0 Å². The van der Waals surface area contributed by atoms with E-state index in [-0.39, 0.29) is 5.91 Å². The molecule has 3 nitrogen and oxygen atoms in total. The number of hydrogen-bond donors (Lipinski definition) is 2. The first-order chi connectivity index (χ1) is 7.31. The highest BCUT2D eigenvalue weighted by Gasteiger charge is 1.98. The summed E-state index contributed by atoms with van der Waals surface area (Å²) in [6, 6.07) is 0. The summed E-state index contributed by atoms with van der Waals surface area (Å²) in [6.45, 7) is 7.32. The van der Waals surface area contributed by atoms with Crippen LogP contribution in [0.4, 0.5) is 0 Å². The molecule has 0 aliphatic carbocycles. The number of hydrogen-bond acceptors (Lipinski definition) is 2. The van der Waals surface area contributed by atoms with E-state index >= 15 is 0 Å². The molecule has 3 heteroatoms. The number of amides is 1. The third kappa shape index (κ3) is 16.1. The minimum absolute atomic E-state index is 0.141. The van der Waals surface area contributed by atoms with E-state index < -0.39 is 0 Å². The Morgan fingerprint density at radius 1 is 1.13 bits per heavy atom. The maximum Gasteiger partial charge on any atom is 0.220 e. The van der Waals surface area contributed by atoms with Gasteiger partial charge < -0.3 is 11.1 Å². The Morgan fingerprint density at radius 2 is 1.73 bits per heavy atom. The largest absolute Gasteiger partial charge is 0.355 e. The maximum absolute atomic E-state index is 11.1. The van der Waals surface area contributed by atoms with Crippen LogP contribution in [0.3, 0.4) is 0 Å². The average Bonchev–Trinajstić information content (AvgIpc) is 2.29. The van der Waals surface area contributed by atoms with E-state index in [2.05, 4.69) is 12.2 Å². The minimum Gasteiger partial charge on any atom is -0.355 e. The van der Waals surface area contributed by atoms with Crippen molar-refractivity contribution in [2.24, 2.45) is 5.73 Å². The Bertz CT molecular complexity index is 127. The van der Waals surface area contributed by atoms with Crippen molar-refractivity contribution in [3.8, 4) is 0 Å². The molecule has 3 N–H and O–H groups in total. The lowest BCUT2D eigenvalue weighted by atomic mass is 10.1. The summed E-state index contributed by atoms with van der Waals surface area (Å²) >= 11 is 0. The molecule has 0 bridgehead atoms. The molecule has 0 saturated carbocycles. The molecule has 92 valence electrons. The summed E-state index contributed by atoms with van der Waals surface area (Å²) in [7, 11) is 0. The van der Waals surface area contributed by atoms with Crippen LogP contribution in [0.5, 0.6) is 0 Å². The molecular weight excluding hydrogens is 188 g/mol. The van der Waals surface area contributed by atoms with Crippen LogP contribution < -0.4 is 11.1 Å². The van der Waals surface area contributed by atoms with Crippen LogP contribution in [0.1, 0.15) is 59.3 Å². The highest BCUT2D eigenvalue weighted by molar-refractivity contribution is 5.75. The van der Waals surface area contributed by atoms with Gasteiger partial charge in [-0.2, -0.15) is 0 Å². The molecular formula is C12H28N2O. The van der Waals surface area contributed by atoms with Gasteiger partial charge in [-0.15, -0.1) is 0 Å². The van der Waals surface area contributed by atoms with Crippen molar-refractivity contribution in [2.45, 2.75) is 59.3 Å². The van der Waals surface area contributed by atoms with E-state index in [1.165, 1.54) is 25.7 Å². The molecule has 0 aromatic carbocycles. The molecule has 15 heavy (non-hydrogen) atoms. The van der Waals surface area contributed by atoms with Gasteiger partial charge in [0, 0.05) is 19.5 Å². The SMILES string of the molecule is CC.CCCCCCCC(=O)NCCN. The van der Waals surface area contributed by atoms with Crippen molar-refractivity contribution in [3.63, 3.8) is 0 Å². The zero-order chi connectivity index (χ0) is 11.9. The number of carbonyl (C=O) groups excluding carboxylic acids is 1. The van der Waals surface area contributed by atoms with Crippen molar-refractivity contribution >= 4 is 5.91 Å². The fourth-order valence-corrected chi connectivity index (χ4v) is 1.19. The topological polar surface area (TPSA) is 55.1 Å². The molecule has 0 aromatic rings. The summed E-state index contributed by atoms with van der Waals surface area (Å²) in [5.41, 5.74) is 5.26. The van der Waals surface area contributed by atoms with Crippen LogP contribution in [0.15, 0.2) is 0 Å². The van der Waals surface area contributed by atoms with Gasteiger partial charge >= 0.3 is 0 Å². The zero-order valence-electron chi connectivity index (χ0n) is 10.6. The average molecular weight is 216 g/mol. The zero-order valence-corrected chi connectivity index (χ0v) is 10.6. The van der Waals surface area contributed by atoms with Crippen molar-refractivity contribution in [2.75, 3.05) is 13.1 Å². The standard InChI is InChI=1S/C10H22N2O.C2H6/c1-2-3-4-5-6-7-10(13)12-9-8-11;1-2/h2-9,11H2,1H3,(H,12,13);1-2H3. The summed E-state index contributed by atoms with van der Waals surface area (Å²) in [4.78, 5) is 11.1. The van der Waals surface area contributed by atoms with Gasteiger partial charge in [0.05, 0.1) is 0 Å². The number of unbranched alkanes of at least 4 members (excludes halogenated alkanes) is 4. The molecule has 0 heterocycles. The third-order valence-electron chi connectivity index (χ3n) is 1.97. The van der Waals surface area contributed by atoms with Gasteiger partial charge in [-0.1, -0.05) is 46.5 Å². The Hall–Kier alpha value is -0.570. The summed E-state index contributed by atoms with van der Waals surface area (Å²) in [6.07, 6.45) is 6.62. The van der Waals surface area contributed by atoms with E-state index in [1.807, 2.05) is 13.8 Å². The first-order valence-corrected chi connectivity index (χ1v) is 6.28. The van der Waals surface area contributed by atoms with Crippen molar-refractivity contribution in [1.82, 2.24) is 5.32 Å². The van der Waals surface area contributed by atoms with Crippen LogP contribution in [-0.2, 0) is 4.79 Å². The van der Waals surface area contributed by atoms with Crippen LogP contribution in [0.2, 0.25) is 0 Å². The first-order valence-electron chi connectivity index (χ1n) is 6.28. The van der Waals surface area contributed by atoms with E-state index in [1.54, 1.807) is 0 Å². The molecule has 0 spiro atoms. The van der Waals surface area contributed by atoms with E-state index in [9.17, 15) is 4.79 Å². The third-order valence-corrected chi connectivity index (χ3v) is 1.97. The Balaban J connectivity index is 0. The second-order valence-electron chi connectivity index (χ2n) is 3.30. The molecule has 1 amide bonds. The Labute approximate surface area is 94.8 Å². The molecule has 0 atom stereocenters. The molecule has 0 rings (SSSR count). The van der Waals surface area contributed by atoms with Crippen LogP contribution in [0, 0.1) is 0 Å². The molecule has 0 radical (unpaired) electrons. The Kier molecular flexibility index (Phi) is 17.8. The lowest BCUT2D eigenvalue weighted by Crippen LogP contribution is -2.28. The summed E-state index contributed by atoms with van der Waals surface area (Å²) in [5.74, 6) is 0.141. The monoisotopic (exact) mass is 216 g/mol. The molecule has 0 aliphatic rings.